The standard InChI is InChI=1S/C14H16N4O/c1-2-18-13(15)12(7-16-18)14(19)17-8-10-5-3-4-6-11(10)9-17/h3-7H,2,8-9,15H2,1H3. The zero-order valence-electron chi connectivity index (χ0n) is 10.8. The van der Waals surface area contributed by atoms with E-state index in [1.807, 2.05) is 19.1 Å². The number of nitrogens with zero attached hydrogens (tertiary/aromatic N) is 3. The highest BCUT2D eigenvalue weighted by molar-refractivity contribution is 5.98. The Hall–Kier alpha value is -2.30. The third-order valence-corrected chi connectivity index (χ3v) is 3.54. The van der Waals surface area contributed by atoms with E-state index >= 15 is 0 Å². The molecule has 0 saturated carbocycles. The summed E-state index contributed by atoms with van der Waals surface area (Å²) in [6, 6.07) is 8.11. The van der Waals surface area contributed by atoms with E-state index < -0.39 is 0 Å². The second kappa shape index (κ2) is 4.42. The summed E-state index contributed by atoms with van der Waals surface area (Å²) in [5, 5.41) is 4.12. The number of carbonyl (C=O) groups excluding carboxylic acids is 1. The Morgan fingerprint density at radius 2 is 1.95 bits per heavy atom. The number of hydrogen-bond donors (Lipinski definition) is 1. The van der Waals surface area contributed by atoms with Gasteiger partial charge < -0.3 is 10.6 Å². The van der Waals surface area contributed by atoms with Crippen molar-refractivity contribution in [3.8, 4) is 0 Å². The van der Waals surface area contributed by atoms with Gasteiger partial charge in [0.15, 0.2) is 0 Å². The molecule has 0 saturated heterocycles. The number of benzene rings is 1. The van der Waals surface area contributed by atoms with Crippen LogP contribution in [0.15, 0.2) is 30.5 Å². The van der Waals surface area contributed by atoms with Crippen LogP contribution in [0.1, 0.15) is 28.4 Å². The Kier molecular flexibility index (Phi) is 2.74. The Morgan fingerprint density at radius 1 is 1.32 bits per heavy atom. The molecule has 0 spiro atoms. The maximum absolute atomic E-state index is 12.5. The Balaban J connectivity index is 1.85. The van der Waals surface area contributed by atoms with Gasteiger partial charge in [-0.05, 0) is 18.1 Å². The summed E-state index contributed by atoms with van der Waals surface area (Å²) < 4.78 is 1.64. The Bertz CT molecular complexity index is 607. The number of carbonyl (C=O) groups is 1. The van der Waals surface area contributed by atoms with E-state index in [9.17, 15) is 4.79 Å². The van der Waals surface area contributed by atoms with Crippen molar-refractivity contribution in [2.45, 2.75) is 26.6 Å². The lowest BCUT2D eigenvalue weighted by molar-refractivity contribution is 0.0752. The predicted octanol–water partition coefficient (Wildman–Crippen LogP) is 1.64. The summed E-state index contributed by atoms with van der Waals surface area (Å²) in [5.74, 6) is 0.400. The number of nitrogen functional groups attached to an aromatic ring is 1. The monoisotopic (exact) mass is 256 g/mol. The highest BCUT2D eigenvalue weighted by Gasteiger charge is 2.26. The van der Waals surface area contributed by atoms with E-state index in [0.717, 1.165) is 0 Å². The summed E-state index contributed by atoms with van der Waals surface area (Å²) in [6.45, 7) is 3.90. The molecule has 1 aliphatic heterocycles. The minimum Gasteiger partial charge on any atom is -0.383 e. The number of amides is 1. The number of anilines is 1. The minimum atomic E-state index is -0.0478. The van der Waals surface area contributed by atoms with Crippen LogP contribution in [0, 0.1) is 0 Å². The summed E-state index contributed by atoms with van der Waals surface area (Å²) in [5.41, 5.74) is 8.85. The third kappa shape index (κ3) is 1.87. The normalized spacial score (nSPS) is 13.6. The first-order valence-electron chi connectivity index (χ1n) is 6.38. The fourth-order valence-corrected chi connectivity index (χ4v) is 2.46. The molecule has 1 aromatic carbocycles. The number of rotatable bonds is 2. The van der Waals surface area contributed by atoms with Crippen LogP contribution in [0.25, 0.3) is 0 Å². The molecule has 0 unspecified atom stereocenters. The molecule has 5 heteroatoms. The smallest absolute Gasteiger partial charge is 0.259 e. The molecule has 0 radical (unpaired) electrons. The predicted molar refractivity (Wildman–Crippen MR) is 72.3 cm³/mol. The third-order valence-electron chi connectivity index (χ3n) is 3.54. The first kappa shape index (κ1) is 11.8. The highest BCUT2D eigenvalue weighted by Crippen LogP contribution is 2.25. The van der Waals surface area contributed by atoms with E-state index in [0.29, 0.717) is 31.0 Å². The summed E-state index contributed by atoms with van der Waals surface area (Å²) in [4.78, 5) is 14.3. The number of hydrogen-bond acceptors (Lipinski definition) is 3. The van der Waals surface area contributed by atoms with E-state index in [2.05, 4.69) is 17.2 Å². The van der Waals surface area contributed by atoms with Crippen molar-refractivity contribution < 1.29 is 4.79 Å². The van der Waals surface area contributed by atoms with Crippen molar-refractivity contribution in [1.82, 2.24) is 14.7 Å². The second-order valence-electron chi connectivity index (χ2n) is 4.69. The van der Waals surface area contributed by atoms with Crippen LogP contribution < -0.4 is 5.73 Å². The topological polar surface area (TPSA) is 64.2 Å². The van der Waals surface area contributed by atoms with Gasteiger partial charge in [0.25, 0.3) is 5.91 Å². The molecule has 98 valence electrons. The number of aromatic nitrogens is 2. The van der Waals surface area contributed by atoms with Gasteiger partial charge >= 0.3 is 0 Å². The Morgan fingerprint density at radius 3 is 2.47 bits per heavy atom. The largest absolute Gasteiger partial charge is 0.383 e. The SMILES string of the molecule is CCn1ncc(C(=O)N2Cc3ccccc3C2)c1N. The molecule has 0 fully saturated rings. The van der Waals surface area contributed by atoms with E-state index in [-0.39, 0.29) is 5.91 Å². The number of fused-ring (bicyclic) bond motifs is 1. The van der Waals surface area contributed by atoms with E-state index in [1.54, 1.807) is 15.8 Å². The van der Waals surface area contributed by atoms with Gasteiger partial charge in [-0.1, -0.05) is 24.3 Å². The van der Waals surface area contributed by atoms with Crippen LogP contribution in [0.5, 0.6) is 0 Å². The highest BCUT2D eigenvalue weighted by atomic mass is 16.2. The average molecular weight is 256 g/mol. The first-order chi connectivity index (χ1) is 9.20. The van der Waals surface area contributed by atoms with Gasteiger partial charge in [-0.25, -0.2) is 4.68 Å². The average Bonchev–Trinajstić information content (AvgIpc) is 3.01. The summed E-state index contributed by atoms with van der Waals surface area (Å²) in [7, 11) is 0. The van der Waals surface area contributed by atoms with Gasteiger partial charge in [0.05, 0.1) is 6.20 Å². The molecule has 1 aromatic heterocycles. The van der Waals surface area contributed by atoms with Crippen LogP contribution in [-0.2, 0) is 19.6 Å². The summed E-state index contributed by atoms with van der Waals surface area (Å²) in [6.07, 6.45) is 1.56. The molecular weight excluding hydrogens is 240 g/mol. The number of nitrogens with two attached hydrogens (primary N) is 1. The fraction of sp³-hybridized carbons (Fsp3) is 0.286. The fourth-order valence-electron chi connectivity index (χ4n) is 2.46. The molecule has 0 bridgehead atoms. The van der Waals surface area contributed by atoms with Crippen LogP contribution in [0.2, 0.25) is 0 Å². The first-order valence-corrected chi connectivity index (χ1v) is 6.38. The van der Waals surface area contributed by atoms with E-state index in [4.69, 9.17) is 5.73 Å². The second-order valence-corrected chi connectivity index (χ2v) is 4.69. The van der Waals surface area contributed by atoms with Crippen molar-refractivity contribution in [3.63, 3.8) is 0 Å². The van der Waals surface area contributed by atoms with Gasteiger partial charge in [-0.2, -0.15) is 5.10 Å². The van der Waals surface area contributed by atoms with E-state index in [1.165, 1.54) is 11.1 Å². The molecule has 0 aliphatic carbocycles. The van der Waals surface area contributed by atoms with Crippen LogP contribution in [0.3, 0.4) is 0 Å². The molecule has 1 amide bonds. The van der Waals surface area contributed by atoms with Crippen molar-refractivity contribution in [2.75, 3.05) is 5.73 Å². The molecule has 2 heterocycles. The van der Waals surface area contributed by atoms with Crippen molar-refractivity contribution in [3.05, 3.63) is 47.2 Å². The van der Waals surface area contributed by atoms with Gasteiger partial charge in [-0.3, -0.25) is 4.79 Å². The molecule has 5 nitrogen and oxygen atoms in total. The maximum Gasteiger partial charge on any atom is 0.259 e. The molecule has 2 aromatic rings. The zero-order chi connectivity index (χ0) is 13.4. The van der Waals surface area contributed by atoms with Gasteiger partial charge in [0, 0.05) is 19.6 Å². The lowest BCUT2D eigenvalue weighted by Crippen LogP contribution is -2.26. The van der Waals surface area contributed by atoms with Crippen LogP contribution in [-0.4, -0.2) is 20.6 Å². The minimum absolute atomic E-state index is 0.0478. The molecule has 2 N–H and O–H groups in total. The van der Waals surface area contributed by atoms with Gasteiger partial charge in [-0.15, -0.1) is 0 Å². The number of aryl methyl sites for hydroxylation is 1. The molecule has 3 rings (SSSR count). The molecular formula is C14H16N4O. The van der Waals surface area contributed by atoms with Crippen molar-refractivity contribution in [2.24, 2.45) is 0 Å². The Labute approximate surface area is 111 Å². The van der Waals surface area contributed by atoms with Crippen molar-refractivity contribution >= 4 is 11.7 Å². The lowest BCUT2D eigenvalue weighted by Gasteiger charge is -2.14. The zero-order valence-corrected chi connectivity index (χ0v) is 10.8. The van der Waals surface area contributed by atoms with Gasteiger partial charge in [0.1, 0.15) is 11.4 Å². The molecule has 19 heavy (non-hydrogen) atoms. The molecule has 1 aliphatic rings. The van der Waals surface area contributed by atoms with Crippen molar-refractivity contribution in [1.29, 1.82) is 0 Å². The van der Waals surface area contributed by atoms with Crippen LogP contribution in [0.4, 0.5) is 5.82 Å². The molecule has 0 atom stereocenters. The van der Waals surface area contributed by atoms with Crippen LogP contribution >= 0.6 is 0 Å². The summed E-state index contributed by atoms with van der Waals surface area (Å²) >= 11 is 0. The quantitative estimate of drug-likeness (QED) is 0.888. The maximum atomic E-state index is 12.5. The lowest BCUT2D eigenvalue weighted by atomic mass is 10.1. The van der Waals surface area contributed by atoms with Gasteiger partial charge in [0.2, 0.25) is 0 Å².